The predicted octanol–water partition coefficient (Wildman–Crippen LogP) is 3.87. The van der Waals surface area contributed by atoms with Gasteiger partial charge < -0.3 is 4.90 Å². The summed E-state index contributed by atoms with van der Waals surface area (Å²) < 4.78 is 14.7. The summed E-state index contributed by atoms with van der Waals surface area (Å²) in [6, 6.07) is 12.9. The molecule has 2 aromatic carbocycles. The summed E-state index contributed by atoms with van der Waals surface area (Å²) in [7, 11) is 0. The van der Waals surface area contributed by atoms with E-state index in [0.717, 1.165) is 0 Å². The van der Waals surface area contributed by atoms with Crippen LogP contribution in [-0.2, 0) is 11.3 Å². The molecule has 5 nitrogen and oxygen atoms in total. The lowest BCUT2D eigenvalue weighted by molar-refractivity contribution is -0.116. The van der Waals surface area contributed by atoms with Gasteiger partial charge in [0.1, 0.15) is 5.82 Å². The fourth-order valence-electron chi connectivity index (χ4n) is 2.88. The Bertz CT molecular complexity index is 1060. The molecule has 0 aliphatic heterocycles. The van der Waals surface area contributed by atoms with Crippen LogP contribution in [0.1, 0.15) is 6.92 Å². The lowest BCUT2D eigenvalue weighted by atomic mass is 10.2. The van der Waals surface area contributed by atoms with Gasteiger partial charge in [0.25, 0.3) is 5.56 Å². The van der Waals surface area contributed by atoms with E-state index >= 15 is 0 Å². The first kappa shape index (κ1) is 19.8. The Morgan fingerprint density at radius 1 is 1.25 bits per heavy atom. The standard InChI is InChI=1S/C21H20FN3O2S/c1-3-13-25-20(27)17-7-5-6-8-18(17)23-21(25)28-14-19(26)24(4-2)16-11-9-15(22)10-12-16/h3,5-12H,1,4,13-14H2,2H3. The third-order valence-electron chi connectivity index (χ3n) is 4.22. The minimum Gasteiger partial charge on any atom is -0.312 e. The third-order valence-corrected chi connectivity index (χ3v) is 5.18. The van der Waals surface area contributed by atoms with Crippen LogP contribution in [0.15, 0.2) is 71.1 Å². The summed E-state index contributed by atoms with van der Waals surface area (Å²) in [6.07, 6.45) is 1.63. The highest BCUT2D eigenvalue weighted by Gasteiger charge is 2.17. The molecule has 7 heteroatoms. The van der Waals surface area contributed by atoms with E-state index in [1.165, 1.54) is 28.5 Å². The van der Waals surface area contributed by atoms with Crippen molar-refractivity contribution in [2.24, 2.45) is 0 Å². The molecule has 0 fully saturated rings. The van der Waals surface area contributed by atoms with Crippen molar-refractivity contribution in [1.82, 2.24) is 9.55 Å². The molecule has 1 heterocycles. The highest BCUT2D eigenvalue weighted by Crippen LogP contribution is 2.21. The molecule has 0 radical (unpaired) electrons. The van der Waals surface area contributed by atoms with Crippen molar-refractivity contribution in [1.29, 1.82) is 0 Å². The second kappa shape index (κ2) is 8.84. The number of benzene rings is 2. The second-order valence-electron chi connectivity index (χ2n) is 6.02. The molecule has 0 spiro atoms. The van der Waals surface area contributed by atoms with Crippen molar-refractivity contribution in [3.8, 4) is 0 Å². The molecule has 28 heavy (non-hydrogen) atoms. The van der Waals surface area contributed by atoms with Crippen LogP contribution in [0.5, 0.6) is 0 Å². The van der Waals surface area contributed by atoms with E-state index in [2.05, 4.69) is 11.6 Å². The monoisotopic (exact) mass is 397 g/mol. The molecule has 3 aromatic rings. The smallest absolute Gasteiger partial charge is 0.262 e. The van der Waals surface area contributed by atoms with Crippen molar-refractivity contribution in [2.75, 3.05) is 17.2 Å². The number of amides is 1. The van der Waals surface area contributed by atoms with Gasteiger partial charge in [-0.05, 0) is 43.3 Å². The number of para-hydroxylation sites is 1. The average molecular weight is 397 g/mol. The minimum atomic E-state index is -0.351. The lowest BCUT2D eigenvalue weighted by Crippen LogP contribution is -2.32. The number of hydrogen-bond acceptors (Lipinski definition) is 4. The summed E-state index contributed by atoms with van der Waals surface area (Å²) in [5.41, 5.74) is 1.06. The molecule has 0 aliphatic rings. The number of allylic oxidation sites excluding steroid dienone is 1. The number of carbonyl (C=O) groups excluding carboxylic acids is 1. The first-order chi connectivity index (χ1) is 13.5. The average Bonchev–Trinajstić information content (AvgIpc) is 2.71. The van der Waals surface area contributed by atoms with Gasteiger partial charge in [0.15, 0.2) is 5.16 Å². The number of hydrogen-bond donors (Lipinski definition) is 0. The number of thioether (sulfide) groups is 1. The summed E-state index contributed by atoms with van der Waals surface area (Å²) in [6.45, 7) is 6.32. The molecule has 144 valence electrons. The third kappa shape index (κ3) is 4.14. The Labute approximate surface area is 166 Å². The van der Waals surface area contributed by atoms with E-state index in [9.17, 15) is 14.0 Å². The first-order valence-corrected chi connectivity index (χ1v) is 9.83. The van der Waals surface area contributed by atoms with Crippen molar-refractivity contribution in [3.05, 3.63) is 77.4 Å². The van der Waals surface area contributed by atoms with E-state index in [1.807, 2.05) is 13.0 Å². The van der Waals surface area contributed by atoms with Gasteiger partial charge in [-0.2, -0.15) is 0 Å². The summed E-state index contributed by atoms with van der Waals surface area (Å²) in [5, 5.41) is 0.994. The Kier molecular flexibility index (Phi) is 6.26. The largest absolute Gasteiger partial charge is 0.312 e. The summed E-state index contributed by atoms with van der Waals surface area (Å²) in [4.78, 5) is 31.6. The summed E-state index contributed by atoms with van der Waals surface area (Å²) >= 11 is 1.20. The molecule has 0 atom stereocenters. The number of nitrogens with zero attached hydrogens (tertiary/aromatic N) is 3. The zero-order valence-electron chi connectivity index (χ0n) is 15.5. The quantitative estimate of drug-likeness (QED) is 0.345. The normalized spacial score (nSPS) is 10.8. The zero-order chi connectivity index (χ0) is 20.1. The van der Waals surface area contributed by atoms with Gasteiger partial charge in [-0.15, -0.1) is 6.58 Å². The number of rotatable bonds is 7. The number of anilines is 1. The van der Waals surface area contributed by atoms with Gasteiger partial charge >= 0.3 is 0 Å². The van der Waals surface area contributed by atoms with E-state index < -0.39 is 0 Å². The van der Waals surface area contributed by atoms with Crippen molar-refractivity contribution in [2.45, 2.75) is 18.6 Å². The number of aromatic nitrogens is 2. The molecule has 3 rings (SSSR count). The van der Waals surface area contributed by atoms with E-state index in [4.69, 9.17) is 0 Å². The van der Waals surface area contributed by atoms with Gasteiger partial charge in [-0.3, -0.25) is 14.2 Å². The minimum absolute atomic E-state index is 0.104. The molecule has 0 saturated carbocycles. The molecule has 1 aromatic heterocycles. The van der Waals surface area contributed by atoms with Crippen LogP contribution >= 0.6 is 11.8 Å². The van der Waals surface area contributed by atoms with Crippen LogP contribution in [0.4, 0.5) is 10.1 Å². The first-order valence-electron chi connectivity index (χ1n) is 8.84. The van der Waals surface area contributed by atoms with Crippen molar-refractivity contribution in [3.63, 3.8) is 0 Å². The Morgan fingerprint density at radius 3 is 2.64 bits per heavy atom. The maximum absolute atomic E-state index is 13.2. The van der Waals surface area contributed by atoms with Crippen LogP contribution in [0.2, 0.25) is 0 Å². The van der Waals surface area contributed by atoms with Crippen LogP contribution < -0.4 is 10.5 Å². The van der Waals surface area contributed by atoms with Crippen molar-refractivity contribution < 1.29 is 9.18 Å². The fourth-order valence-corrected chi connectivity index (χ4v) is 3.76. The number of halogens is 1. The second-order valence-corrected chi connectivity index (χ2v) is 6.96. The maximum Gasteiger partial charge on any atom is 0.262 e. The van der Waals surface area contributed by atoms with Crippen LogP contribution in [0.25, 0.3) is 10.9 Å². The Morgan fingerprint density at radius 2 is 1.96 bits per heavy atom. The molecule has 0 aliphatic carbocycles. The molecule has 0 saturated heterocycles. The maximum atomic E-state index is 13.2. The van der Waals surface area contributed by atoms with E-state index in [1.54, 1.807) is 41.3 Å². The van der Waals surface area contributed by atoms with Gasteiger partial charge in [0.05, 0.1) is 16.7 Å². The van der Waals surface area contributed by atoms with E-state index in [0.29, 0.717) is 34.8 Å². The van der Waals surface area contributed by atoms with Crippen LogP contribution in [0, 0.1) is 5.82 Å². The Balaban J connectivity index is 1.86. The summed E-state index contributed by atoms with van der Waals surface area (Å²) in [5.74, 6) is -0.394. The van der Waals surface area contributed by atoms with Gasteiger partial charge in [-0.1, -0.05) is 30.0 Å². The fraction of sp³-hybridized carbons (Fsp3) is 0.190. The molecular formula is C21H20FN3O2S. The van der Waals surface area contributed by atoms with Crippen LogP contribution in [-0.4, -0.2) is 27.8 Å². The zero-order valence-corrected chi connectivity index (χ0v) is 16.3. The van der Waals surface area contributed by atoms with Gasteiger partial charge in [0.2, 0.25) is 5.91 Å². The SMILES string of the molecule is C=CCn1c(SCC(=O)N(CC)c2ccc(F)cc2)nc2ccccc2c1=O. The van der Waals surface area contributed by atoms with Crippen molar-refractivity contribution >= 4 is 34.3 Å². The molecule has 0 bridgehead atoms. The lowest BCUT2D eigenvalue weighted by Gasteiger charge is -2.21. The van der Waals surface area contributed by atoms with Crippen LogP contribution in [0.3, 0.4) is 0 Å². The topological polar surface area (TPSA) is 55.2 Å². The van der Waals surface area contributed by atoms with Gasteiger partial charge in [0, 0.05) is 18.8 Å². The molecular weight excluding hydrogens is 377 g/mol. The molecule has 1 amide bonds. The number of carbonyl (C=O) groups is 1. The highest BCUT2D eigenvalue weighted by atomic mass is 32.2. The predicted molar refractivity (Wildman–Crippen MR) is 111 cm³/mol. The number of fused-ring (bicyclic) bond motifs is 1. The Hall–Kier alpha value is -2.93. The molecule has 0 unspecified atom stereocenters. The highest BCUT2D eigenvalue weighted by molar-refractivity contribution is 7.99. The van der Waals surface area contributed by atoms with Gasteiger partial charge in [-0.25, -0.2) is 9.37 Å². The van der Waals surface area contributed by atoms with E-state index in [-0.39, 0.29) is 23.0 Å². The molecule has 0 N–H and O–H groups in total.